The van der Waals surface area contributed by atoms with Crippen LogP contribution in [0.4, 0.5) is 17.3 Å². The molecule has 0 amide bonds. The van der Waals surface area contributed by atoms with Crippen molar-refractivity contribution in [3.63, 3.8) is 0 Å². The minimum absolute atomic E-state index is 0.129. The molecule has 0 saturated carbocycles. The quantitative estimate of drug-likeness (QED) is 0.346. The normalized spacial score (nSPS) is 19.2. The SMILES string of the molecule is CC(C)N1CCn2ncc(Nc3nccc(-c4cc(C#N)c5c(c4)[C@@](C)(CO[Si](C)(C)C(C)(C)C)CN5)n3)c2C1. The maximum Gasteiger partial charge on any atom is 0.227 e. The Labute approximate surface area is 239 Å². The fourth-order valence-corrected chi connectivity index (χ4v) is 6.23. The Morgan fingerprint density at radius 1 is 1.25 bits per heavy atom. The van der Waals surface area contributed by atoms with Gasteiger partial charge >= 0.3 is 0 Å². The van der Waals surface area contributed by atoms with E-state index < -0.39 is 8.32 Å². The molecule has 0 spiro atoms. The van der Waals surface area contributed by atoms with Gasteiger partial charge in [-0.05, 0) is 55.7 Å². The smallest absolute Gasteiger partial charge is 0.227 e. The average Bonchev–Trinajstić information content (AvgIpc) is 3.47. The van der Waals surface area contributed by atoms with Crippen molar-refractivity contribution in [1.29, 1.82) is 5.26 Å². The third-order valence-corrected chi connectivity index (χ3v) is 13.4. The van der Waals surface area contributed by atoms with Crippen LogP contribution in [0.2, 0.25) is 18.1 Å². The van der Waals surface area contributed by atoms with Crippen molar-refractivity contribution >= 4 is 25.6 Å². The molecule has 1 atom stereocenters. The highest BCUT2D eigenvalue weighted by molar-refractivity contribution is 6.74. The van der Waals surface area contributed by atoms with Crippen LogP contribution < -0.4 is 10.6 Å². The summed E-state index contributed by atoms with van der Waals surface area (Å²) in [5.74, 6) is 0.510. The first-order chi connectivity index (χ1) is 18.8. The van der Waals surface area contributed by atoms with E-state index in [0.29, 0.717) is 24.2 Å². The predicted molar refractivity (Wildman–Crippen MR) is 162 cm³/mol. The van der Waals surface area contributed by atoms with E-state index in [9.17, 15) is 5.26 Å². The number of hydrogen-bond acceptors (Lipinski definition) is 8. The van der Waals surface area contributed by atoms with Crippen LogP contribution in [0.3, 0.4) is 0 Å². The summed E-state index contributed by atoms with van der Waals surface area (Å²) in [5, 5.41) is 21.6. The van der Waals surface area contributed by atoms with Gasteiger partial charge in [-0.2, -0.15) is 10.4 Å². The Bertz CT molecular complexity index is 1450. The van der Waals surface area contributed by atoms with Crippen molar-refractivity contribution in [2.45, 2.75) is 84.2 Å². The summed E-state index contributed by atoms with van der Waals surface area (Å²) < 4.78 is 8.73. The Morgan fingerprint density at radius 3 is 2.73 bits per heavy atom. The topological polar surface area (TPSA) is 104 Å². The van der Waals surface area contributed by atoms with E-state index in [4.69, 9.17) is 9.41 Å². The largest absolute Gasteiger partial charge is 0.416 e. The van der Waals surface area contributed by atoms with Crippen LogP contribution >= 0.6 is 0 Å². The molecule has 5 rings (SSSR count). The van der Waals surface area contributed by atoms with Crippen LogP contribution in [0.5, 0.6) is 0 Å². The number of fused-ring (bicyclic) bond motifs is 2. The fraction of sp³-hybridized carbons (Fsp3) is 0.533. The van der Waals surface area contributed by atoms with E-state index in [-0.39, 0.29) is 10.5 Å². The molecule has 2 N–H and O–H groups in total. The molecule has 10 heteroatoms. The third-order valence-electron chi connectivity index (χ3n) is 8.95. The lowest BCUT2D eigenvalue weighted by Crippen LogP contribution is -2.45. The summed E-state index contributed by atoms with van der Waals surface area (Å²) in [5.41, 5.74) is 6.10. The molecule has 2 aliphatic rings. The average molecular weight is 559 g/mol. The van der Waals surface area contributed by atoms with E-state index in [2.05, 4.69) is 97.1 Å². The second kappa shape index (κ2) is 10.3. The van der Waals surface area contributed by atoms with Crippen LogP contribution in [0.15, 0.2) is 30.6 Å². The zero-order chi connectivity index (χ0) is 28.9. The molecule has 0 saturated heterocycles. The highest BCUT2D eigenvalue weighted by Crippen LogP contribution is 2.44. The zero-order valence-electron chi connectivity index (χ0n) is 25.1. The van der Waals surface area contributed by atoms with Gasteiger partial charge in [0.05, 0.1) is 41.1 Å². The maximum atomic E-state index is 10.0. The lowest BCUT2D eigenvalue weighted by atomic mass is 9.83. The summed E-state index contributed by atoms with van der Waals surface area (Å²) in [7, 11) is -1.93. The lowest BCUT2D eigenvalue weighted by molar-refractivity contribution is 0.171. The first-order valence-corrected chi connectivity index (χ1v) is 17.1. The Morgan fingerprint density at radius 2 is 2.02 bits per heavy atom. The number of benzene rings is 1. The van der Waals surface area contributed by atoms with Crippen molar-refractivity contribution in [3.05, 3.63) is 47.4 Å². The van der Waals surface area contributed by atoms with E-state index in [1.54, 1.807) is 6.20 Å². The van der Waals surface area contributed by atoms with Gasteiger partial charge in [0, 0.05) is 49.5 Å². The van der Waals surface area contributed by atoms with Gasteiger partial charge in [0.2, 0.25) is 5.95 Å². The summed E-state index contributed by atoms with van der Waals surface area (Å²) in [6.45, 7) is 22.0. The van der Waals surface area contributed by atoms with Gasteiger partial charge in [-0.25, -0.2) is 9.97 Å². The number of aromatic nitrogens is 4. The first kappa shape index (κ1) is 28.3. The fourth-order valence-electron chi connectivity index (χ4n) is 5.12. The standard InChI is InChI=1S/C30H42N8OSi/c1-20(2)37-11-12-38-26(17-37)25(16-34-38)36-28-32-10-9-24(35-28)21-13-22(15-31)27-23(14-21)30(6,18-33-27)19-39-40(7,8)29(3,4)5/h9-10,13-14,16,20,33H,11-12,17-19H2,1-8H3,(H,32,35,36)/t30-/m1/s1. The van der Waals surface area contributed by atoms with Crippen molar-refractivity contribution in [1.82, 2.24) is 24.6 Å². The molecule has 0 aliphatic carbocycles. The number of hydrogen-bond donors (Lipinski definition) is 2. The Kier molecular flexibility index (Phi) is 7.27. The van der Waals surface area contributed by atoms with Gasteiger partial charge in [-0.1, -0.05) is 27.7 Å². The van der Waals surface area contributed by atoms with Crippen LogP contribution in [0.1, 0.15) is 58.4 Å². The van der Waals surface area contributed by atoms with Crippen molar-refractivity contribution in [2.24, 2.45) is 0 Å². The van der Waals surface area contributed by atoms with Crippen molar-refractivity contribution in [2.75, 3.05) is 30.3 Å². The summed E-state index contributed by atoms with van der Waals surface area (Å²) in [4.78, 5) is 11.8. The molecule has 1 aromatic carbocycles. The van der Waals surface area contributed by atoms with Crippen LogP contribution in [-0.4, -0.2) is 58.7 Å². The monoisotopic (exact) mass is 558 g/mol. The van der Waals surface area contributed by atoms with Crippen LogP contribution in [0, 0.1) is 11.3 Å². The van der Waals surface area contributed by atoms with Crippen LogP contribution in [0.25, 0.3) is 11.3 Å². The van der Waals surface area contributed by atoms with E-state index in [1.165, 1.54) is 0 Å². The number of rotatable bonds is 7. The van der Waals surface area contributed by atoms with Gasteiger partial charge in [0.1, 0.15) is 6.07 Å². The summed E-state index contributed by atoms with van der Waals surface area (Å²) >= 11 is 0. The highest BCUT2D eigenvalue weighted by Gasteiger charge is 2.42. The maximum absolute atomic E-state index is 10.0. The second-order valence-electron chi connectivity index (χ2n) is 13.2. The second-order valence-corrected chi connectivity index (χ2v) is 18.0. The molecule has 3 aromatic rings. The molecule has 2 aromatic heterocycles. The molecular weight excluding hydrogens is 516 g/mol. The molecule has 0 unspecified atom stereocenters. The molecule has 0 fully saturated rings. The Balaban J connectivity index is 1.43. The summed E-state index contributed by atoms with van der Waals surface area (Å²) in [6.07, 6.45) is 3.62. The minimum atomic E-state index is -1.93. The molecule has 0 bridgehead atoms. The van der Waals surface area contributed by atoms with Crippen LogP contribution in [-0.2, 0) is 22.9 Å². The molecule has 40 heavy (non-hydrogen) atoms. The number of nitriles is 1. The molecular formula is C30H42N8OSi. The molecule has 2 aliphatic heterocycles. The number of anilines is 3. The zero-order valence-corrected chi connectivity index (χ0v) is 26.1. The van der Waals surface area contributed by atoms with Crippen molar-refractivity contribution < 1.29 is 4.43 Å². The third kappa shape index (κ3) is 5.26. The number of nitrogens with one attached hydrogen (secondary N) is 2. The van der Waals surface area contributed by atoms with Gasteiger partial charge in [-0.15, -0.1) is 0 Å². The minimum Gasteiger partial charge on any atom is -0.416 e. The van der Waals surface area contributed by atoms with Gasteiger partial charge < -0.3 is 15.1 Å². The lowest BCUT2D eigenvalue weighted by Gasteiger charge is -2.39. The predicted octanol–water partition coefficient (Wildman–Crippen LogP) is 5.88. The molecule has 9 nitrogen and oxygen atoms in total. The van der Waals surface area contributed by atoms with Gasteiger partial charge in [-0.3, -0.25) is 9.58 Å². The molecule has 4 heterocycles. The van der Waals surface area contributed by atoms with Crippen molar-refractivity contribution in [3.8, 4) is 17.3 Å². The van der Waals surface area contributed by atoms with E-state index in [0.717, 1.165) is 60.1 Å². The first-order valence-electron chi connectivity index (χ1n) is 14.2. The highest BCUT2D eigenvalue weighted by atomic mass is 28.4. The summed E-state index contributed by atoms with van der Waals surface area (Å²) in [6, 6.07) is 8.85. The number of nitrogens with zero attached hydrogens (tertiary/aromatic N) is 6. The van der Waals surface area contributed by atoms with E-state index in [1.807, 2.05) is 18.3 Å². The van der Waals surface area contributed by atoms with Gasteiger partial charge in [0.15, 0.2) is 8.32 Å². The molecule has 0 radical (unpaired) electrons. The molecule has 212 valence electrons. The van der Waals surface area contributed by atoms with Gasteiger partial charge in [0.25, 0.3) is 0 Å². The van der Waals surface area contributed by atoms with E-state index >= 15 is 0 Å². The Hall–Kier alpha value is -3.26.